The maximum absolute atomic E-state index is 14.6. The zero-order valence-electron chi connectivity index (χ0n) is 25.7. The van der Waals surface area contributed by atoms with Gasteiger partial charge in [-0.25, -0.2) is 19.2 Å². The first-order valence-electron chi connectivity index (χ1n) is 14.4. The molecule has 3 aromatic heterocycles. The minimum Gasteiger partial charge on any atom is -0.486 e. The van der Waals surface area contributed by atoms with Crippen molar-refractivity contribution in [1.29, 1.82) is 0 Å². The molecule has 0 saturated carbocycles. The van der Waals surface area contributed by atoms with Crippen LogP contribution in [0, 0.1) is 24.6 Å². The summed E-state index contributed by atoms with van der Waals surface area (Å²) >= 11 is 2.84. The van der Waals surface area contributed by atoms with E-state index in [2.05, 4.69) is 48.0 Å². The largest absolute Gasteiger partial charge is 0.486 e. The van der Waals surface area contributed by atoms with Gasteiger partial charge in [-0.15, -0.1) is 5.10 Å². The number of halogens is 1. The second-order valence-electron chi connectivity index (χ2n) is 10.0. The highest BCUT2D eigenvalue weighted by Crippen LogP contribution is 2.29. The van der Waals surface area contributed by atoms with Gasteiger partial charge in [0.25, 0.3) is 0 Å². The summed E-state index contributed by atoms with van der Waals surface area (Å²) < 4.78 is 26.6. The number of hydrogen-bond acceptors (Lipinski definition) is 12. The lowest BCUT2D eigenvalue weighted by Gasteiger charge is -2.08. The van der Waals surface area contributed by atoms with Crippen LogP contribution in [0.25, 0.3) is 16.3 Å². The Bertz CT molecular complexity index is 1910. The summed E-state index contributed by atoms with van der Waals surface area (Å²) in [5.74, 6) is 5.50. The van der Waals surface area contributed by atoms with E-state index in [0.717, 1.165) is 26.5 Å². The van der Waals surface area contributed by atoms with Gasteiger partial charge in [0.15, 0.2) is 33.3 Å². The number of benzene rings is 2. The van der Waals surface area contributed by atoms with Gasteiger partial charge in [0.2, 0.25) is 0 Å². The van der Waals surface area contributed by atoms with Crippen molar-refractivity contribution >= 4 is 61.0 Å². The number of carbonyl (C=O) groups excluding carboxylic acids is 1. The number of rotatable bonds is 12. The molecule has 0 bridgehead atoms. The number of anilines is 3. The topological polar surface area (TPSA) is 123 Å². The zero-order chi connectivity index (χ0) is 32.5. The maximum atomic E-state index is 14.6. The normalized spacial score (nSPS) is 11.2. The van der Waals surface area contributed by atoms with Crippen molar-refractivity contribution in [2.75, 3.05) is 37.4 Å². The average Bonchev–Trinajstić information content (AvgIpc) is 3.64. The molecule has 0 atom stereocenters. The third-order valence-electron chi connectivity index (χ3n) is 6.36. The van der Waals surface area contributed by atoms with Crippen LogP contribution in [0.1, 0.15) is 46.0 Å². The Labute approximate surface area is 274 Å². The molecule has 0 unspecified atom stereocenters. The summed E-state index contributed by atoms with van der Waals surface area (Å²) in [6, 6.07) is 14.5. The van der Waals surface area contributed by atoms with Crippen molar-refractivity contribution in [3.8, 4) is 17.6 Å². The molecular weight excluding hydrogens is 626 g/mol. The summed E-state index contributed by atoms with van der Waals surface area (Å²) in [6.07, 6.45) is 1.79. The van der Waals surface area contributed by atoms with Gasteiger partial charge in [-0.1, -0.05) is 46.6 Å². The Morgan fingerprint density at radius 3 is 2.70 bits per heavy atom. The minimum absolute atomic E-state index is 0.108. The highest BCUT2D eigenvalue weighted by atomic mass is 32.1. The summed E-state index contributed by atoms with van der Waals surface area (Å²) in [6.45, 7) is 6.69. The van der Waals surface area contributed by atoms with E-state index in [1.165, 1.54) is 17.4 Å². The van der Waals surface area contributed by atoms with Crippen LogP contribution in [0.2, 0.25) is 0 Å². The third kappa shape index (κ3) is 8.42. The molecule has 236 valence electrons. The van der Waals surface area contributed by atoms with Crippen LogP contribution >= 0.6 is 22.7 Å². The molecule has 0 fully saturated rings. The first-order valence-corrected chi connectivity index (χ1v) is 16.1. The lowest BCUT2D eigenvalue weighted by Crippen LogP contribution is -2.08. The number of carbonyl (C=O) groups is 1. The molecule has 0 spiro atoms. The molecule has 0 saturated heterocycles. The van der Waals surface area contributed by atoms with Crippen molar-refractivity contribution in [3.05, 3.63) is 87.3 Å². The second kappa shape index (κ2) is 15.4. The van der Waals surface area contributed by atoms with Crippen LogP contribution in [-0.4, -0.2) is 52.9 Å². The standard InChI is InChI=1S/C33H32FN7O3S2/c1-5-43-31(42)29-28(15-20(2)19-44-26-13-12-22(17-24(26)34)9-8-14-35-4)46-32(38-29)36-18-23-16-21(3)30(41-40-23)39-33-37-25-10-6-7-11-27(25)45-33/h6-7,10-13,15-17,35H,5,14,18-19H2,1-4H3,(H,36,38)(H,37,39,41)/b20-15+. The molecule has 0 aliphatic carbocycles. The predicted octanol–water partition coefficient (Wildman–Crippen LogP) is 6.58. The van der Waals surface area contributed by atoms with Gasteiger partial charge in [-0.05, 0) is 81.4 Å². The maximum Gasteiger partial charge on any atom is 0.358 e. The van der Waals surface area contributed by atoms with Gasteiger partial charge in [0.05, 0.1) is 40.5 Å². The number of thiazole rings is 2. The number of nitrogens with one attached hydrogen (secondary N) is 3. The fraction of sp³-hybridized carbons (Fsp3) is 0.242. The minimum atomic E-state index is -0.534. The summed E-state index contributed by atoms with van der Waals surface area (Å²) in [4.78, 5) is 22.4. The van der Waals surface area contributed by atoms with Crippen molar-refractivity contribution < 1.29 is 18.7 Å². The number of fused-ring (bicyclic) bond motifs is 1. The lowest BCUT2D eigenvalue weighted by molar-refractivity contribution is 0.0520. The Hall–Kier alpha value is -4.90. The van der Waals surface area contributed by atoms with Crippen LogP contribution in [0.15, 0.2) is 54.1 Å². The number of esters is 1. The molecule has 0 radical (unpaired) electrons. The fourth-order valence-electron chi connectivity index (χ4n) is 4.18. The molecular formula is C33H32FN7O3S2. The smallest absolute Gasteiger partial charge is 0.358 e. The highest BCUT2D eigenvalue weighted by Gasteiger charge is 2.19. The Balaban J connectivity index is 1.24. The molecule has 10 nitrogen and oxygen atoms in total. The van der Waals surface area contributed by atoms with Gasteiger partial charge < -0.3 is 25.4 Å². The fourth-order valence-corrected chi connectivity index (χ4v) is 6.02. The Morgan fingerprint density at radius 2 is 1.93 bits per heavy atom. The first kappa shape index (κ1) is 32.5. The van der Waals surface area contributed by atoms with Gasteiger partial charge in [0, 0.05) is 5.56 Å². The summed E-state index contributed by atoms with van der Waals surface area (Å²) in [5.41, 5.74) is 4.04. The van der Waals surface area contributed by atoms with E-state index in [1.54, 1.807) is 43.5 Å². The summed E-state index contributed by atoms with van der Waals surface area (Å²) in [7, 11) is 1.79. The zero-order valence-corrected chi connectivity index (χ0v) is 27.4. The second-order valence-corrected chi connectivity index (χ2v) is 12.1. The van der Waals surface area contributed by atoms with Gasteiger partial charge >= 0.3 is 5.97 Å². The van der Waals surface area contributed by atoms with Crippen molar-refractivity contribution in [2.24, 2.45) is 0 Å². The molecule has 0 amide bonds. The first-order chi connectivity index (χ1) is 22.3. The molecule has 46 heavy (non-hydrogen) atoms. The van der Waals surface area contributed by atoms with Crippen molar-refractivity contribution in [2.45, 2.75) is 27.3 Å². The Kier molecular flexibility index (Phi) is 10.9. The average molecular weight is 658 g/mol. The molecule has 13 heteroatoms. The van der Waals surface area contributed by atoms with Gasteiger partial charge in [-0.2, -0.15) is 5.10 Å². The van der Waals surface area contributed by atoms with Crippen molar-refractivity contribution in [1.82, 2.24) is 25.5 Å². The van der Waals surface area contributed by atoms with Crippen LogP contribution in [0.3, 0.4) is 0 Å². The number of aryl methyl sites for hydroxylation is 1. The van der Waals surface area contributed by atoms with Crippen LogP contribution < -0.4 is 20.7 Å². The van der Waals surface area contributed by atoms with Gasteiger partial charge in [-0.3, -0.25) is 0 Å². The van der Waals surface area contributed by atoms with Crippen molar-refractivity contribution in [3.63, 3.8) is 0 Å². The SMILES string of the molecule is CCOC(=O)c1nc(NCc2cc(C)c(Nc3nc4ccccc4s3)nn2)sc1/C=C(\C)COc1ccc(C#CCNC)cc1F. The van der Waals surface area contributed by atoms with E-state index in [0.29, 0.717) is 40.2 Å². The molecule has 0 aliphatic heterocycles. The van der Waals surface area contributed by atoms with E-state index < -0.39 is 11.8 Å². The van der Waals surface area contributed by atoms with Crippen LogP contribution in [0.5, 0.6) is 5.75 Å². The molecule has 3 N–H and O–H groups in total. The number of aromatic nitrogens is 4. The summed E-state index contributed by atoms with van der Waals surface area (Å²) in [5, 5.41) is 19.4. The number of hydrogen-bond donors (Lipinski definition) is 3. The molecule has 0 aliphatic rings. The van der Waals surface area contributed by atoms with Gasteiger partial charge in [0.1, 0.15) is 6.61 Å². The number of ether oxygens (including phenoxy) is 2. The van der Waals surface area contributed by atoms with E-state index in [9.17, 15) is 9.18 Å². The molecule has 5 rings (SSSR count). The number of para-hydroxylation sites is 1. The lowest BCUT2D eigenvalue weighted by atomic mass is 10.2. The molecule has 3 heterocycles. The van der Waals surface area contributed by atoms with E-state index >= 15 is 0 Å². The van der Waals surface area contributed by atoms with Crippen LogP contribution in [-0.2, 0) is 11.3 Å². The number of nitrogens with zero attached hydrogens (tertiary/aromatic N) is 4. The van der Waals surface area contributed by atoms with Crippen LogP contribution in [0.4, 0.5) is 20.5 Å². The Morgan fingerprint density at radius 1 is 1.09 bits per heavy atom. The third-order valence-corrected chi connectivity index (χ3v) is 8.27. The van der Waals surface area contributed by atoms with E-state index in [-0.39, 0.29) is 24.7 Å². The predicted molar refractivity (Wildman–Crippen MR) is 181 cm³/mol. The monoisotopic (exact) mass is 657 g/mol. The highest BCUT2D eigenvalue weighted by molar-refractivity contribution is 7.22. The molecule has 5 aromatic rings. The molecule has 2 aromatic carbocycles. The van der Waals surface area contributed by atoms with E-state index in [4.69, 9.17) is 9.47 Å². The van der Waals surface area contributed by atoms with E-state index in [1.807, 2.05) is 44.2 Å². The quantitative estimate of drug-likeness (QED) is 0.100.